The molecule has 1 unspecified atom stereocenters. The summed E-state index contributed by atoms with van der Waals surface area (Å²) in [6, 6.07) is 4.56. The van der Waals surface area contributed by atoms with Gasteiger partial charge in [-0.2, -0.15) is 0 Å². The highest BCUT2D eigenvalue weighted by Crippen LogP contribution is 2.23. The molecule has 0 aliphatic carbocycles. The lowest BCUT2D eigenvalue weighted by Crippen LogP contribution is -2.33. The molecule has 0 heterocycles. The van der Waals surface area contributed by atoms with Crippen LogP contribution < -0.4 is 5.32 Å². The Hall–Kier alpha value is -1.26. The second-order valence-corrected chi connectivity index (χ2v) is 4.27. The number of aliphatic carboxylic acids is 1. The van der Waals surface area contributed by atoms with Crippen LogP contribution in [0.3, 0.4) is 0 Å². The smallest absolute Gasteiger partial charge is 0.304 e. The van der Waals surface area contributed by atoms with E-state index in [2.05, 4.69) is 5.32 Å². The summed E-state index contributed by atoms with van der Waals surface area (Å²) in [5.74, 6) is -0.722. The molecule has 1 aromatic rings. The number of benzene rings is 1. The van der Waals surface area contributed by atoms with Crippen LogP contribution in [0.1, 0.15) is 18.9 Å². The zero-order valence-electron chi connectivity index (χ0n) is 9.61. The van der Waals surface area contributed by atoms with Crippen molar-refractivity contribution < 1.29 is 15.0 Å². The van der Waals surface area contributed by atoms with Crippen LogP contribution >= 0.6 is 11.6 Å². The molecule has 5 heteroatoms. The Kier molecular flexibility index (Phi) is 5.25. The van der Waals surface area contributed by atoms with Gasteiger partial charge in [0.05, 0.1) is 6.42 Å². The topological polar surface area (TPSA) is 69.6 Å². The monoisotopic (exact) mass is 257 g/mol. The standard InChI is InChI=1S/C12H16ClNO3/c1-2-14-10(7-12(16)17)6-8-5-9(13)3-4-11(8)15/h3-5,10,14-15H,2,6-7H2,1H3,(H,16,17). The van der Waals surface area contributed by atoms with Crippen molar-refractivity contribution in [2.24, 2.45) is 0 Å². The molecule has 17 heavy (non-hydrogen) atoms. The maximum Gasteiger partial charge on any atom is 0.304 e. The Morgan fingerprint density at radius 2 is 2.24 bits per heavy atom. The fourth-order valence-corrected chi connectivity index (χ4v) is 1.89. The summed E-state index contributed by atoms with van der Waals surface area (Å²) in [6.07, 6.45) is 0.451. The van der Waals surface area contributed by atoms with E-state index in [1.54, 1.807) is 12.1 Å². The molecule has 0 saturated heterocycles. The SMILES string of the molecule is CCNC(CC(=O)O)Cc1cc(Cl)ccc1O. The van der Waals surface area contributed by atoms with Crippen molar-refractivity contribution in [1.82, 2.24) is 5.32 Å². The maximum atomic E-state index is 10.7. The number of carboxylic acid groups (broad SMARTS) is 1. The molecule has 0 radical (unpaired) electrons. The Balaban J connectivity index is 2.77. The van der Waals surface area contributed by atoms with Crippen LogP contribution in [0.15, 0.2) is 18.2 Å². The van der Waals surface area contributed by atoms with Gasteiger partial charge in [-0.1, -0.05) is 18.5 Å². The van der Waals surface area contributed by atoms with E-state index in [4.69, 9.17) is 16.7 Å². The van der Waals surface area contributed by atoms with Crippen LogP contribution in [0.4, 0.5) is 0 Å². The zero-order chi connectivity index (χ0) is 12.8. The van der Waals surface area contributed by atoms with Crippen molar-refractivity contribution >= 4 is 17.6 Å². The number of nitrogens with one attached hydrogen (secondary N) is 1. The van der Waals surface area contributed by atoms with Gasteiger partial charge in [-0.25, -0.2) is 0 Å². The lowest BCUT2D eigenvalue weighted by Gasteiger charge is -2.16. The van der Waals surface area contributed by atoms with Gasteiger partial charge in [-0.15, -0.1) is 0 Å². The molecule has 94 valence electrons. The van der Waals surface area contributed by atoms with E-state index in [1.807, 2.05) is 6.92 Å². The third-order valence-corrected chi connectivity index (χ3v) is 2.66. The lowest BCUT2D eigenvalue weighted by atomic mass is 10.0. The first-order valence-corrected chi connectivity index (χ1v) is 5.83. The lowest BCUT2D eigenvalue weighted by molar-refractivity contribution is -0.137. The number of aromatic hydroxyl groups is 1. The Bertz CT molecular complexity index is 395. The van der Waals surface area contributed by atoms with Crippen LogP contribution in [-0.4, -0.2) is 28.8 Å². The van der Waals surface area contributed by atoms with Gasteiger partial charge in [-0.3, -0.25) is 4.79 Å². The van der Waals surface area contributed by atoms with Crippen molar-refractivity contribution in [1.29, 1.82) is 0 Å². The van der Waals surface area contributed by atoms with Crippen LogP contribution in [0.2, 0.25) is 5.02 Å². The van der Waals surface area contributed by atoms with Crippen LogP contribution in [-0.2, 0) is 11.2 Å². The Morgan fingerprint density at radius 1 is 1.53 bits per heavy atom. The molecule has 0 aliphatic rings. The van der Waals surface area contributed by atoms with Crippen molar-refractivity contribution in [2.75, 3.05) is 6.54 Å². The molecule has 4 nitrogen and oxygen atoms in total. The molecule has 0 aliphatic heterocycles. The number of carboxylic acids is 1. The van der Waals surface area contributed by atoms with Gasteiger partial charge in [0.1, 0.15) is 5.75 Å². The number of carbonyl (C=O) groups is 1. The van der Waals surface area contributed by atoms with Crippen LogP contribution in [0.25, 0.3) is 0 Å². The molecule has 1 rings (SSSR count). The molecule has 0 amide bonds. The number of hydrogen-bond acceptors (Lipinski definition) is 3. The average molecular weight is 258 g/mol. The highest BCUT2D eigenvalue weighted by atomic mass is 35.5. The van der Waals surface area contributed by atoms with Gasteiger partial charge in [0.15, 0.2) is 0 Å². The minimum atomic E-state index is -0.863. The molecular weight excluding hydrogens is 242 g/mol. The minimum absolute atomic E-state index is 0.0137. The molecule has 0 fully saturated rings. The van der Waals surface area contributed by atoms with Crippen molar-refractivity contribution in [3.05, 3.63) is 28.8 Å². The number of rotatable bonds is 6. The van der Waals surface area contributed by atoms with Gasteiger partial charge < -0.3 is 15.5 Å². The molecular formula is C12H16ClNO3. The van der Waals surface area contributed by atoms with E-state index >= 15 is 0 Å². The summed E-state index contributed by atoms with van der Waals surface area (Å²) < 4.78 is 0. The molecule has 0 aromatic heterocycles. The molecule has 1 aromatic carbocycles. The first-order chi connectivity index (χ1) is 8.02. The second-order valence-electron chi connectivity index (χ2n) is 3.83. The van der Waals surface area contributed by atoms with E-state index in [9.17, 15) is 9.90 Å². The van der Waals surface area contributed by atoms with Crippen LogP contribution in [0.5, 0.6) is 5.75 Å². The average Bonchev–Trinajstić information content (AvgIpc) is 2.23. The zero-order valence-corrected chi connectivity index (χ0v) is 10.4. The number of hydrogen-bond donors (Lipinski definition) is 3. The normalized spacial score (nSPS) is 12.4. The fraction of sp³-hybridized carbons (Fsp3) is 0.417. The maximum absolute atomic E-state index is 10.7. The molecule has 1 atom stereocenters. The molecule has 3 N–H and O–H groups in total. The second kappa shape index (κ2) is 6.47. The third-order valence-electron chi connectivity index (χ3n) is 2.42. The first kappa shape index (κ1) is 13.8. The summed E-state index contributed by atoms with van der Waals surface area (Å²) >= 11 is 5.84. The van der Waals surface area contributed by atoms with Crippen molar-refractivity contribution in [3.63, 3.8) is 0 Å². The summed E-state index contributed by atoms with van der Waals surface area (Å²) in [5, 5.41) is 22.0. The fourth-order valence-electron chi connectivity index (χ4n) is 1.70. The summed E-state index contributed by atoms with van der Waals surface area (Å²) in [7, 11) is 0. The van der Waals surface area contributed by atoms with Gasteiger partial charge in [0, 0.05) is 11.1 Å². The highest BCUT2D eigenvalue weighted by Gasteiger charge is 2.14. The highest BCUT2D eigenvalue weighted by molar-refractivity contribution is 6.30. The number of likely N-dealkylation sites (N-methyl/N-ethyl adjacent to an activating group) is 1. The molecule has 0 saturated carbocycles. The van der Waals surface area contributed by atoms with Gasteiger partial charge in [0.25, 0.3) is 0 Å². The summed E-state index contributed by atoms with van der Waals surface area (Å²) in [5.41, 5.74) is 0.657. The summed E-state index contributed by atoms with van der Waals surface area (Å²) in [6.45, 7) is 2.59. The van der Waals surface area contributed by atoms with Gasteiger partial charge >= 0.3 is 5.97 Å². The van der Waals surface area contributed by atoms with Crippen LogP contribution in [0, 0.1) is 0 Å². The van der Waals surface area contributed by atoms with Crippen molar-refractivity contribution in [3.8, 4) is 5.75 Å². The molecule has 0 spiro atoms. The van der Waals surface area contributed by atoms with E-state index in [1.165, 1.54) is 6.07 Å². The number of phenols is 1. The van der Waals surface area contributed by atoms with E-state index in [0.29, 0.717) is 23.6 Å². The number of halogens is 1. The molecule has 0 bridgehead atoms. The van der Waals surface area contributed by atoms with E-state index in [0.717, 1.165) is 0 Å². The van der Waals surface area contributed by atoms with Gasteiger partial charge in [-0.05, 0) is 36.7 Å². The minimum Gasteiger partial charge on any atom is -0.508 e. The van der Waals surface area contributed by atoms with Crippen molar-refractivity contribution in [2.45, 2.75) is 25.8 Å². The summed E-state index contributed by atoms with van der Waals surface area (Å²) in [4.78, 5) is 10.7. The van der Waals surface area contributed by atoms with Gasteiger partial charge in [0.2, 0.25) is 0 Å². The number of phenolic OH excluding ortho intramolecular Hbond substituents is 1. The Morgan fingerprint density at radius 3 is 2.82 bits per heavy atom. The Labute approximate surface area is 105 Å². The van der Waals surface area contributed by atoms with E-state index in [-0.39, 0.29) is 18.2 Å². The first-order valence-electron chi connectivity index (χ1n) is 5.45. The van der Waals surface area contributed by atoms with E-state index < -0.39 is 5.97 Å². The quantitative estimate of drug-likeness (QED) is 0.729. The largest absolute Gasteiger partial charge is 0.508 e. The third kappa shape index (κ3) is 4.63. The predicted molar refractivity (Wildman–Crippen MR) is 66.5 cm³/mol. The predicted octanol–water partition coefficient (Wildman–Crippen LogP) is 2.04.